The number of hydrogen-bond donors (Lipinski definition) is 1. The summed E-state index contributed by atoms with van der Waals surface area (Å²) in [5, 5.41) is 2.98. The lowest BCUT2D eigenvalue weighted by atomic mass is 10.1. The Morgan fingerprint density at radius 2 is 1.74 bits per heavy atom. The van der Waals surface area contributed by atoms with Crippen molar-refractivity contribution in [1.29, 1.82) is 0 Å². The molecule has 38 heavy (non-hydrogen) atoms. The average molecular weight is 522 g/mol. The van der Waals surface area contributed by atoms with Crippen LogP contribution in [0.4, 0.5) is 10.5 Å². The Morgan fingerprint density at radius 3 is 2.37 bits per heavy atom. The zero-order chi connectivity index (χ0) is 27.7. The van der Waals surface area contributed by atoms with Crippen LogP contribution in [0.5, 0.6) is 11.5 Å². The fourth-order valence-electron chi connectivity index (χ4n) is 4.14. The molecule has 1 heterocycles. The highest BCUT2D eigenvalue weighted by atomic mass is 16.5. The van der Waals surface area contributed by atoms with Gasteiger partial charge in [0.25, 0.3) is 0 Å². The molecular weight excluding hydrogens is 482 g/mol. The lowest BCUT2D eigenvalue weighted by Crippen LogP contribution is -2.48. The zero-order valence-corrected chi connectivity index (χ0v) is 23.2. The van der Waals surface area contributed by atoms with Gasteiger partial charge < -0.3 is 29.0 Å². The van der Waals surface area contributed by atoms with Crippen molar-refractivity contribution in [3.05, 3.63) is 77.2 Å². The molecule has 0 aliphatic carbocycles. The van der Waals surface area contributed by atoms with Gasteiger partial charge in [0.2, 0.25) is 5.91 Å². The Hall–Kier alpha value is -3.94. The fourth-order valence-corrected chi connectivity index (χ4v) is 4.14. The molecule has 1 N–H and O–H groups in total. The van der Waals surface area contributed by atoms with Crippen molar-refractivity contribution in [3.8, 4) is 11.5 Å². The van der Waals surface area contributed by atoms with Crippen molar-refractivity contribution in [2.75, 3.05) is 32.6 Å². The first-order chi connectivity index (χ1) is 18.2. The molecule has 0 radical (unpaired) electrons. The van der Waals surface area contributed by atoms with Crippen LogP contribution in [-0.4, -0.2) is 55.1 Å². The molecule has 8 heteroatoms. The van der Waals surface area contributed by atoms with E-state index < -0.39 is 0 Å². The van der Waals surface area contributed by atoms with E-state index in [4.69, 9.17) is 13.9 Å². The first-order valence-corrected chi connectivity index (χ1v) is 12.9. The van der Waals surface area contributed by atoms with Crippen LogP contribution in [0.3, 0.4) is 0 Å². The minimum Gasteiger partial charge on any atom is -0.493 e. The monoisotopic (exact) mass is 521 g/mol. The molecule has 0 aliphatic heterocycles. The number of benzene rings is 2. The van der Waals surface area contributed by atoms with Gasteiger partial charge in [0, 0.05) is 18.3 Å². The van der Waals surface area contributed by atoms with Crippen molar-refractivity contribution in [1.82, 2.24) is 9.80 Å². The van der Waals surface area contributed by atoms with E-state index in [9.17, 15) is 9.59 Å². The number of anilines is 1. The van der Waals surface area contributed by atoms with Crippen LogP contribution in [0.2, 0.25) is 0 Å². The second-order valence-corrected chi connectivity index (χ2v) is 9.40. The van der Waals surface area contributed by atoms with E-state index in [2.05, 4.69) is 5.32 Å². The molecule has 1 aromatic heterocycles. The maximum atomic E-state index is 13.7. The highest BCUT2D eigenvalue weighted by molar-refractivity contribution is 5.93. The van der Waals surface area contributed by atoms with Crippen LogP contribution in [0, 0.1) is 13.8 Å². The van der Waals surface area contributed by atoms with Crippen molar-refractivity contribution < 1.29 is 23.5 Å². The van der Waals surface area contributed by atoms with Gasteiger partial charge in [-0.2, -0.15) is 0 Å². The minimum atomic E-state index is -0.296. The molecule has 0 fully saturated rings. The predicted octanol–water partition coefficient (Wildman–Crippen LogP) is 5.82. The number of para-hydroxylation sites is 1. The third-order valence-electron chi connectivity index (χ3n) is 6.69. The molecule has 2 aromatic carbocycles. The third kappa shape index (κ3) is 7.54. The second kappa shape index (κ2) is 13.6. The van der Waals surface area contributed by atoms with E-state index >= 15 is 0 Å². The number of carbonyl (C=O) groups is 2. The number of nitrogens with one attached hydrogen (secondary N) is 1. The predicted molar refractivity (Wildman–Crippen MR) is 149 cm³/mol. The summed E-state index contributed by atoms with van der Waals surface area (Å²) in [6, 6.07) is 16.7. The lowest BCUT2D eigenvalue weighted by Gasteiger charge is -2.31. The highest BCUT2D eigenvalue weighted by Crippen LogP contribution is 2.28. The average Bonchev–Trinajstić information content (AvgIpc) is 3.34. The summed E-state index contributed by atoms with van der Waals surface area (Å²) in [5.41, 5.74) is 2.70. The number of amides is 3. The topological polar surface area (TPSA) is 84.2 Å². The van der Waals surface area contributed by atoms with E-state index in [0.717, 1.165) is 29.0 Å². The van der Waals surface area contributed by atoms with E-state index in [1.807, 2.05) is 82.3 Å². The van der Waals surface area contributed by atoms with Crippen molar-refractivity contribution in [2.45, 2.75) is 53.1 Å². The standard InChI is InChI=1S/C30H39N3O5/c1-7-22(3)33(30(35)31-26-11-9-8-10-21(26)2)20-29(34)32(19-25-14-12-23(4)38-25)17-16-24-13-15-27(36-5)28(18-24)37-6/h8-15,18,22H,7,16-17,19-20H2,1-6H3,(H,31,35). The normalized spacial score (nSPS) is 11.5. The number of nitrogens with zero attached hydrogens (tertiary/aromatic N) is 2. The number of methoxy groups -OCH3 is 2. The minimum absolute atomic E-state index is 0.0433. The Kier molecular flexibility index (Phi) is 10.2. The van der Waals surface area contributed by atoms with Crippen molar-refractivity contribution in [3.63, 3.8) is 0 Å². The van der Waals surface area contributed by atoms with Gasteiger partial charge in [-0.3, -0.25) is 4.79 Å². The largest absolute Gasteiger partial charge is 0.493 e. The van der Waals surface area contributed by atoms with Crippen LogP contribution in [-0.2, 0) is 17.8 Å². The molecule has 0 saturated heterocycles. The first kappa shape index (κ1) is 28.6. The zero-order valence-electron chi connectivity index (χ0n) is 23.2. The molecule has 3 aromatic rings. The highest BCUT2D eigenvalue weighted by Gasteiger charge is 2.26. The Bertz CT molecular complexity index is 1220. The van der Waals surface area contributed by atoms with Crippen LogP contribution < -0.4 is 14.8 Å². The molecule has 0 spiro atoms. The van der Waals surface area contributed by atoms with Crippen LogP contribution in [0.15, 0.2) is 59.0 Å². The number of ether oxygens (including phenoxy) is 2. The molecular formula is C30H39N3O5. The Morgan fingerprint density at radius 1 is 1.00 bits per heavy atom. The SMILES string of the molecule is CCC(C)N(CC(=O)N(CCc1ccc(OC)c(OC)c1)Cc1ccc(C)o1)C(=O)Nc1ccccc1C. The Balaban J connectivity index is 1.79. The summed E-state index contributed by atoms with van der Waals surface area (Å²) in [6.45, 7) is 8.49. The number of urea groups is 1. The number of aryl methyl sites for hydroxylation is 2. The number of rotatable bonds is 12. The van der Waals surface area contributed by atoms with Crippen LogP contribution >= 0.6 is 0 Å². The molecule has 204 valence electrons. The molecule has 0 bridgehead atoms. The summed E-state index contributed by atoms with van der Waals surface area (Å²) in [5.74, 6) is 2.62. The molecule has 3 amide bonds. The van der Waals surface area contributed by atoms with Gasteiger partial charge in [-0.1, -0.05) is 31.2 Å². The Labute approximate surface area is 225 Å². The fraction of sp³-hybridized carbons (Fsp3) is 0.400. The molecule has 3 rings (SSSR count). The van der Waals surface area contributed by atoms with Gasteiger partial charge in [0.15, 0.2) is 11.5 Å². The van der Waals surface area contributed by atoms with Crippen molar-refractivity contribution in [2.24, 2.45) is 0 Å². The van der Waals surface area contributed by atoms with Crippen LogP contribution in [0.1, 0.15) is 42.9 Å². The van der Waals surface area contributed by atoms with Gasteiger partial charge in [-0.25, -0.2) is 4.79 Å². The maximum Gasteiger partial charge on any atom is 0.322 e. The number of furan rings is 1. The smallest absolute Gasteiger partial charge is 0.322 e. The lowest BCUT2D eigenvalue weighted by molar-refractivity contribution is -0.133. The van der Waals surface area contributed by atoms with E-state index in [0.29, 0.717) is 36.8 Å². The van der Waals surface area contributed by atoms with E-state index in [-0.39, 0.29) is 24.5 Å². The molecule has 0 aliphatic rings. The summed E-state index contributed by atoms with van der Waals surface area (Å²) < 4.78 is 16.5. The summed E-state index contributed by atoms with van der Waals surface area (Å²) in [6.07, 6.45) is 1.32. The maximum absolute atomic E-state index is 13.7. The van der Waals surface area contributed by atoms with Crippen LogP contribution in [0.25, 0.3) is 0 Å². The quantitative estimate of drug-likeness (QED) is 0.325. The van der Waals surface area contributed by atoms with E-state index in [1.165, 1.54) is 0 Å². The van der Waals surface area contributed by atoms with Gasteiger partial charge in [0.05, 0.1) is 20.8 Å². The summed E-state index contributed by atoms with van der Waals surface area (Å²) in [7, 11) is 3.20. The van der Waals surface area contributed by atoms with Gasteiger partial charge in [-0.05, 0) is 75.1 Å². The number of carbonyl (C=O) groups excluding carboxylic acids is 2. The second-order valence-electron chi connectivity index (χ2n) is 9.40. The summed E-state index contributed by atoms with van der Waals surface area (Å²) >= 11 is 0. The summed E-state index contributed by atoms with van der Waals surface area (Å²) in [4.78, 5) is 30.3. The molecule has 8 nitrogen and oxygen atoms in total. The third-order valence-corrected chi connectivity index (χ3v) is 6.69. The molecule has 1 unspecified atom stereocenters. The first-order valence-electron chi connectivity index (χ1n) is 12.9. The van der Waals surface area contributed by atoms with E-state index in [1.54, 1.807) is 24.0 Å². The van der Waals surface area contributed by atoms with Gasteiger partial charge >= 0.3 is 6.03 Å². The molecule has 0 saturated carbocycles. The molecule has 1 atom stereocenters. The van der Waals surface area contributed by atoms with Gasteiger partial charge in [0.1, 0.15) is 18.1 Å². The van der Waals surface area contributed by atoms with Crippen molar-refractivity contribution >= 4 is 17.6 Å². The number of hydrogen-bond acceptors (Lipinski definition) is 5. The van der Waals surface area contributed by atoms with Gasteiger partial charge in [-0.15, -0.1) is 0 Å².